The predicted molar refractivity (Wildman–Crippen MR) is 112 cm³/mol. The monoisotopic (exact) mass is 390 g/mol. The van der Waals surface area contributed by atoms with Gasteiger partial charge in [0.1, 0.15) is 6.33 Å². The highest BCUT2D eigenvalue weighted by Crippen LogP contribution is 2.29. The molecule has 29 heavy (non-hydrogen) atoms. The minimum absolute atomic E-state index is 0.0153. The van der Waals surface area contributed by atoms with Gasteiger partial charge in [-0.05, 0) is 51.8 Å². The quantitative estimate of drug-likeness (QED) is 0.720. The molecule has 1 aliphatic heterocycles. The van der Waals surface area contributed by atoms with Gasteiger partial charge in [-0.2, -0.15) is 0 Å². The van der Waals surface area contributed by atoms with Crippen molar-refractivity contribution in [2.45, 2.75) is 45.1 Å². The van der Waals surface area contributed by atoms with Crippen molar-refractivity contribution in [1.29, 1.82) is 0 Å². The normalized spacial score (nSPS) is 15.5. The largest absolute Gasteiger partial charge is 0.333 e. The Hall–Kier alpha value is -3.09. The van der Waals surface area contributed by atoms with Crippen molar-refractivity contribution in [1.82, 2.24) is 30.2 Å². The number of urea groups is 1. The predicted octanol–water partition coefficient (Wildman–Crippen LogP) is 3.77. The summed E-state index contributed by atoms with van der Waals surface area (Å²) in [7, 11) is 0. The van der Waals surface area contributed by atoms with Crippen LogP contribution in [0.1, 0.15) is 45.2 Å². The van der Waals surface area contributed by atoms with Gasteiger partial charge >= 0.3 is 6.03 Å². The third-order valence-corrected chi connectivity index (χ3v) is 5.14. The lowest BCUT2D eigenvalue weighted by molar-refractivity contribution is 0.172. The van der Waals surface area contributed by atoms with Crippen LogP contribution in [0.4, 0.5) is 4.79 Å². The first kappa shape index (κ1) is 19.2. The number of fused-ring (bicyclic) bond motifs is 1. The van der Waals surface area contributed by atoms with Crippen molar-refractivity contribution < 1.29 is 4.79 Å². The van der Waals surface area contributed by atoms with Crippen LogP contribution in [0.25, 0.3) is 22.2 Å². The minimum Gasteiger partial charge on any atom is -0.333 e. The van der Waals surface area contributed by atoms with E-state index in [1.165, 1.54) is 6.33 Å². The Kier molecular flexibility index (Phi) is 5.13. The average molecular weight is 390 g/mol. The summed E-state index contributed by atoms with van der Waals surface area (Å²) in [6.07, 6.45) is 8.72. The van der Waals surface area contributed by atoms with E-state index in [0.717, 1.165) is 53.8 Å². The van der Waals surface area contributed by atoms with Crippen LogP contribution < -0.4 is 5.32 Å². The molecule has 150 valence electrons. The Bertz CT molecular complexity index is 1010. The van der Waals surface area contributed by atoms with Gasteiger partial charge in [0.2, 0.25) is 0 Å². The molecule has 1 N–H and O–H groups in total. The number of hydrogen-bond donors (Lipinski definition) is 1. The number of pyridine rings is 2. The zero-order chi connectivity index (χ0) is 20.4. The number of piperidine rings is 1. The molecule has 7 nitrogen and oxygen atoms in total. The Morgan fingerprint density at radius 3 is 2.48 bits per heavy atom. The zero-order valence-electron chi connectivity index (χ0n) is 17.1. The lowest BCUT2D eigenvalue weighted by Crippen LogP contribution is -2.50. The van der Waals surface area contributed by atoms with Gasteiger partial charge in [-0.25, -0.2) is 24.7 Å². The number of carbonyl (C=O) groups excluding carboxylic acids is 1. The second-order valence-corrected chi connectivity index (χ2v) is 8.58. The molecule has 0 saturated carbocycles. The highest BCUT2D eigenvalue weighted by molar-refractivity contribution is 5.80. The van der Waals surface area contributed by atoms with Gasteiger partial charge in [0, 0.05) is 65.3 Å². The Morgan fingerprint density at radius 2 is 1.79 bits per heavy atom. The standard InChI is InChI=1S/C22H26N6O/c1-22(2,3)27-21(29)28-8-6-15(7-9-28)19-5-4-16-10-17(13-25-20(16)26-19)18-11-23-14-24-12-18/h4-5,10-15H,6-9H2,1-3H3,(H,27,29). The Morgan fingerprint density at radius 1 is 1.07 bits per heavy atom. The molecule has 0 bridgehead atoms. The third-order valence-electron chi connectivity index (χ3n) is 5.14. The number of hydrogen-bond acceptors (Lipinski definition) is 5. The first-order valence-electron chi connectivity index (χ1n) is 9.98. The van der Waals surface area contributed by atoms with Crippen LogP contribution in [0.15, 0.2) is 43.1 Å². The van der Waals surface area contributed by atoms with Crippen molar-refractivity contribution in [2.24, 2.45) is 0 Å². The van der Waals surface area contributed by atoms with Crippen molar-refractivity contribution in [3.8, 4) is 11.1 Å². The Labute approximate surface area is 170 Å². The van der Waals surface area contributed by atoms with E-state index in [0.29, 0.717) is 5.92 Å². The van der Waals surface area contributed by atoms with Gasteiger partial charge in [-0.3, -0.25) is 0 Å². The van der Waals surface area contributed by atoms with E-state index < -0.39 is 0 Å². The fourth-order valence-electron chi connectivity index (χ4n) is 3.64. The highest BCUT2D eigenvalue weighted by atomic mass is 16.2. The number of nitrogens with one attached hydrogen (secondary N) is 1. The number of nitrogens with zero attached hydrogens (tertiary/aromatic N) is 5. The molecule has 4 heterocycles. The molecule has 1 aliphatic rings. The van der Waals surface area contributed by atoms with Gasteiger partial charge in [-0.15, -0.1) is 0 Å². The maximum atomic E-state index is 12.4. The second-order valence-electron chi connectivity index (χ2n) is 8.58. The first-order valence-corrected chi connectivity index (χ1v) is 9.98. The van der Waals surface area contributed by atoms with E-state index in [2.05, 4.69) is 38.5 Å². The van der Waals surface area contributed by atoms with Crippen molar-refractivity contribution in [3.63, 3.8) is 0 Å². The summed E-state index contributed by atoms with van der Waals surface area (Å²) in [5, 5.41) is 4.04. The highest BCUT2D eigenvalue weighted by Gasteiger charge is 2.26. The van der Waals surface area contributed by atoms with Gasteiger partial charge in [0.25, 0.3) is 0 Å². The molecule has 3 aromatic rings. The number of likely N-dealkylation sites (tertiary alicyclic amines) is 1. The van der Waals surface area contributed by atoms with Gasteiger partial charge in [-0.1, -0.05) is 0 Å². The van der Waals surface area contributed by atoms with Crippen molar-refractivity contribution in [2.75, 3.05) is 13.1 Å². The Balaban J connectivity index is 1.46. The molecule has 3 aromatic heterocycles. The fourth-order valence-corrected chi connectivity index (χ4v) is 3.64. The zero-order valence-corrected chi connectivity index (χ0v) is 17.1. The lowest BCUT2D eigenvalue weighted by atomic mass is 9.93. The van der Waals surface area contributed by atoms with Crippen molar-refractivity contribution >= 4 is 17.1 Å². The van der Waals surface area contributed by atoms with Crippen LogP contribution in [-0.4, -0.2) is 49.5 Å². The topological polar surface area (TPSA) is 83.9 Å². The number of aromatic nitrogens is 4. The third kappa shape index (κ3) is 4.50. The molecule has 2 amide bonds. The number of carbonyl (C=O) groups is 1. The molecule has 1 fully saturated rings. The van der Waals surface area contributed by atoms with Crippen LogP contribution >= 0.6 is 0 Å². The molecule has 0 aromatic carbocycles. The minimum atomic E-state index is -0.218. The summed E-state index contributed by atoms with van der Waals surface area (Å²) in [5.41, 5.74) is 3.50. The van der Waals surface area contributed by atoms with Crippen LogP contribution in [0.5, 0.6) is 0 Å². The van der Waals surface area contributed by atoms with E-state index >= 15 is 0 Å². The summed E-state index contributed by atoms with van der Waals surface area (Å²) in [6.45, 7) is 7.49. The molecule has 0 unspecified atom stereocenters. The number of rotatable bonds is 2. The van der Waals surface area contributed by atoms with E-state index in [1.54, 1.807) is 12.4 Å². The van der Waals surface area contributed by atoms with E-state index in [1.807, 2.05) is 31.9 Å². The van der Waals surface area contributed by atoms with E-state index in [-0.39, 0.29) is 11.6 Å². The molecule has 4 rings (SSSR count). The van der Waals surface area contributed by atoms with Crippen LogP contribution in [-0.2, 0) is 0 Å². The van der Waals surface area contributed by atoms with Crippen LogP contribution in [0.3, 0.4) is 0 Å². The summed E-state index contributed by atoms with van der Waals surface area (Å²) < 4.78 is 0. The summed E-state index contributed by atoms with van der Waals surface area (Å²) in [5.74, 6) is 0.349. The molecule has 0 atom stereocenters. The van der Waals surface area contributed by atoms with Crippen molar-refractivity contribution in [3.05, 3.63) is 48.8 Å². The first-order chi connectivity index (χ1) is 13.9. The molecular weight excluding hydrogens is 364 g/mol. The molecule has 0 spiro atoms. The molecule has 0 aliphatic carbocycles. The molecule has 0 radical (unpaired) electrons. The summed E-state index contributed by atoms with van der Waals surface area (Å²) in [6, 6.07) is 6.25. The maximum absolute atomic E-state index is 12.4. The van der Waals surface area contributed by atoms with Gasteiger partial charge < -0.3 is 10.2 Å². The molecule has 1 saturated heterocycles. The SMILES string of the molecule is CC(C)(C)NC(=O)N1CCC(c2ccc3cc(-c4cncnc4)cnc3n2)CC1. The van der Waals surface area contributed by atoms with Gasteiger partial charge in [0.05, 0.1) is 0 Å². The fraction of sp³-hybridized carbons (Fsp3) is 0.409. The summed E-state index contributed by atoms with van der Waals surface area (Å²) >= 11 is 0. The van der Waals surface area contributed by atoms with E-state index in [9.17, 15) is 4.79 Å². The molecule has 7 heteroatoms. The van der Waals surface area contributed by atoms with Crippen LogP contribution in [0.2, 0.25) is 0 Å². The second kappa shape index (κ2) is 7.73. The van der Waals surface area contributed by atoms with E-state index in [4.69, 9.17) is 4.98 Å². The van der Waals surface area contributed by atoms with Gasteiger partial charge in [0.15, 0.2) is 5.65 Å². The maximum Gasteiger partial charge on any atom is 0.317 e. The smallest absolute Gasteiger partial charge is 0.317 e. The number of amides is 2. The van der Waals surface area contributed by atoms with Crippen LogP contribution in [0, 0.1) is 0 Å². The molecular formula is C22H26N6O. The lowest BCUT2D eigenvalue weighted by Gasteiger charge is -2.34. The average Bonchev–Trinajstić information content (AvgIpc) is 2.72. The summed E-state index contributed by atoms with van der Waals surface area (Å²) in [4.78, 5) is 31.8.